The minimum Gasteiger partial charge on any atom is -0.317 e. The van der Waals surface area contributed by atoms with Crippen LogP contribution in [0.1, 0.15) is 35.4 Å². The predicted octanol–water partition coefficient (Wildman–Crippen LogP) is 2.93. The second-order valence-corrected chi connectivity index (χ2v) is 6.40. The van der Waals surface area contributed by atoms with Gasteiger partial charge in [0.05, 0.1) is 0 Å². The number of nitrogens with one attached hydrogen (secondary N) is 2. The van der Waals surface area contributed by atoms with Crippen molar-refractivity contribution in [3.8, 4) is 0 Å². The zero-order chi connectivity index (χ0) is 11.9. The van der Waals surface area contributed by atoms with Gasteiger partial charge >= 0.3 is 0 Å². The van der Waals surface area contributed by atoms with E-state index in [-0.39, 0.29) is 0 Å². The Morgan fingerprint density at radius 1 is 1.35 bits per heavy atom. The number of aryl methyl sites for hydroxylation is 1. The van der Waals surface area contributed by atoms with Gasteiger partial charge in [-0.3, -0.25) is 0 Å². The van der Waals surface area contributed by atoms with Crippen LogP contribution in [-0.2, 0) is 6.54 Å². The molecule has 0 saturated carbocycles. The third kappa shape index (κ3) is 4.78. The monoisotopic (exact) mass is 252 g/mol. The zero-order valence-electron chi connectivity index (χ0n) is 10.8. The highest BCUT2D eigenvalue weighted by atomic mass is 32.1. The quantitative estimate of drug-likeness (QED) is 0.761. The standard InChI is InChI=1S/C14H24N2S/c1-12-4-5-14(17-12)11-16-8-2-3-13-6-9-15-10-7-13/h4-5,13,15-16H,2-3,6-11H2,1H3. The van der Waals surface area contributed by atoms with Crippen molar-refractivity contribution in [1.29, 1.82) is 0 Å². The molecule has 0 radical (unpaired) electrons. The molecule has 0 amide bonds. The van der Waals surface area contributed by atoms with E-state index in [2.05, 4.69) is 29.7 Å². The summed E-state index contributed by atoms with van der Waals surface area (Å²) in [7, 11) is 0. The van der Waals surface area contributed by atoms with Crippen LogP contribution in [0.2, 0.25) is 0 Å². The Morgan fingerprint density at radius 2 is 2.18 bits per heavy atom. The molecule has 0 spiro atoms. The van der Waals surface area contributed by atoms with E-state index in [1.807, 2.05) is 11.3 Å². The number of hydrogen-bond donors (Lipinski definition) is 2. The number of hydrogen-bond acceptors (Lipinski definition) is 3. The van der Waals surface area contributed by atoms with E-state index >= 15 is 0 Å². The van der Waals surface area contributed by atoms with Gasteiger partial charge in [0.25, 0.3) is 0 Å². The van der Waals surface area contributed by atoms with E-state index < -0.39 is 0 Å². The summed E-state index contributed by atoms with van der Waals surface area (Å²) < 4.78 is 0. The summed E-state index contributed by atoms with van der Waals surface area (Å²) in [5.74, 6) is 0.974. The molecule has 0 aliphatic carbocycles. The fraction of sp³-hybridized carbons (Fsp3) is 0.714. The van der Waals surface area contributed by atoms with Crippen LogP contribution in [0.15, 0.2) is 12.1 Å². The number of piperidine rings is 1. The van der Waals surface area contributed by atoms with Gasteiger partial charge in [0.2, 0.25) is 0 Å². The maximum atomic E-state index is 3.55. The van der Waals surface area contributed by atoms with Gasteiger partial charge in [-0.2, -0.15) is 0 Å². The lowest BCUT2D eigenvalue weighted by molar-refractivity contribution is 0.344. The molecule has 0 atom stereocenters. The van der Waals surface area contributed by atoms with Crippen molar-refractivity contribution in [2.24, 2.45) is 5.92 Å². The molecule has 0 aromatic carbocycles. The van der Waals surface area contributed by atoms with Crippen LogP contribution in [0.5, 0.6) is 0 Å². The smallest absolute Gasteiger partial charge is 0.0299 e. The molecule has 1 fully saturated rings. The Kier molecular flexibility index (Phi) is 5.49. The molecular formula is C14H24N2S. The maximum Gasteiger partial charge on any atom is 0.0299 e. The van der Waals surface area contributed by atoms with Crippen LogP contribution in [0.4, 0.5) is 0 Å². The fourth-order valence-corrected chi connectivity index (χ4v) is 3.34. The summed E-state index contributed by atoms with van der Waals surface area (Å²) in [4.78, 5) is 2.88. The molecule has 0 unspecified atom stereocenters. The predicted molar refractivity (Wildman–Crippen MR) is 75.6 cm³/mol. The molecule has 1 aromatic rings. The van der Waals surface area contributed by atoms with Crippen LogP contribution < -0.4 is 10.6 Å². The molecular weight excluding hydrogens is 228 g/mol. The highest BCUT2D eigenvalue weighted by molar-refractivity contribution is 7.11. The molecule has 2 N–H and O–H groups in total. The minimum atomic E-state index is 0.974. The van der Waals surface area contributed by atoms with Crippen molar-refractivity contribution in [3.05, 3.63) is 21.9 Å². The Labute approximate surface area is 109 Å². The molecule has 17 heavy (non-hydrogen) atoms. The molecule has 96 valence electrons. The first kappa shape index (κ1) is 13.1. The van der Waals surface area contributed by atoms with Gasteiger partial charge in [0.15, 0.2) is 0 Å². The van der Waals surface area contributed by atoms with E-state index in [1.165, 1.54) is 55.1 Å². The van der Waals surface area contributed by atoms with E-state index in [9.17, 15) is 0 Å². The van der Waals surface area contributed by atoms with Gasteiger partial charge in [-0.15, -0.1) is 11.3 Å². The van der Waals surface area contributed by atoms with Crippen LogP contribution in [0.3, 0.4) is 0 Å². The van der Waals surface area contributed by atoms with Crippen LogP contribution in [-0.4, -0.2) is 19.6 Å². The van der Waals surface area contributed by atoms with Gasteiger partial charge < -0.3 is 10.6 Å². The second-order valence-electron chi connectivity index (χ2n) is 5.02. The zero-order valence-corrected chi connectivity index (χ0v) is 11.6. The summed E-state index contributed by atoms with van der Waals surface area (Å²) in [6.45, 7) is 6.84. The summed E-state index contributed by atoms with van der Waals surface area (Å²) in [6.07, 6.45) is 5.49. The normalized spacial score (nSPS) is 17.5. The molecule has 2 heterocycles. The average molecular weight is 252 g/mol. The van der Waals surface area contributed by atoms with E-state index in [0.717, 1.165) is 12.5 Å². The average Bonchev–Trinajstić information content (AvgIpc) is 2.76. The minimum absolute atomic E-state index is 0.974. The maximum absolute atomic E-state index is 3.55. The topological polar surface area (TPSA) is 24.1 Å². The van der Waals surface area contributed by atoms with Gasteiger partial charge in [0.1, 0.15) is 0 Å². The van der Waals surface area contributed by atoms with Crippen molar-refractivity contribution in [2.45, 2.75) is 39.2 Å². The molecule has 2 rings (SSSR count). The van der Waals surface area contributed by atoms with Gasteiger partial charge in [-0.1, -0.05) is 0 Å². The summed E-state index contributed by atoms with van der Waals surface area (Å²) >= 11 is 1.90. The molecule has 3 heteroatoms. The molecule has 1 aliphatic heterocycles. The van der Waals surface area contributed by atoms with E-state index in [4.69, 9.17) is 0 Å². The van der Waals surface area contributed by atoms with Crippen molar-refractivity contribution in [3.63, 3.8) is 0 Å². The largest absolute Gasteiger partial charge is 0.317 e. The molecule has 1 aromatic heterocycles. The van der Waals surface area contributed by atoms with E-state index in [0.29, 0.717) is 0 Å². The second kappa shape index (κ2) is 7.14. The molecule has 1 saturated heterocycles. The Balaban J connectivity index is 1.51. The first-order chi connectivity index (χ1) is 8.34. The number of rotatable bonds is 6. The van der Waals surface area contributed by atoms with Gasteiger partial charge in [-0.05, 0) is 70.3 Å². The number of thiophene rings is 1. The summed E-state index contributed by atoms with van der Waals surface area (Å²) in [5.41, 5.74) is 0. The Bertz CT molecular complexity index is 316. The lowest BCUT2D eigenvalue weighted by atomic mass is 9.93. The Morgan fingerprint density at radius 3 is 2.88 bits per heavy atom. The van der Waals surface area contributed by atoms with Gasteiger partial charge in [-0.25, -0.2) is 0 Å². The highest BCUT2D eigenvalue weighted by Gasteiger charge is 2.11. The fourth-order valence-electron chi connectivity index (χ4n) is 2.48. The first-order valence-electron chi connectivity index (χ1n) is 6.81. The third-order valence-electron chi connectivity index (χ3n) is 3.52. The molecule has 1 aliphatic rings. The van der Waals surface area contributed by atoms with Crippen molar-refractivity contribution in [2.75, 3.05) is 19.6 Å². The highest BCUT2D eigenvalue weighted by Crippen LogP contribution is 2.17. The van der Waals surface area contributed by atoms with E-state index in [1.54, 1.807) is 0 Å². The first-order valence-corrected chi connectivity index (χ1v) is 7.63. The summed E-state index contributed by atoms with van der Waals surface area (Å²) in [5, 5.41) is 6.98. The van der Waals surface area contributed by atoms with Gasteiger partial charge in [0, 0.05) is 16.3 Å². The van der Waals surface area contributed by atoms with Crippen molar-refractivity contribution < 1.29 is 0 Å². The molecule has 2 nitrogen and oxygen atoms in total. The van der Waals surface area contributed by atoms with Crippen LogP contribution in [0.25, 0.3) is 0 Å². The lowest BCUT2D eigenvalue weighted by Gasteiger charge is -2.22. The Hall–Kier alpha value is -0.380. The van der Waals surface area contributed by atoms with Crippen molar-refractivity contribution >= 4 is 11.3 Å². The lowest BCUT2D eigenvalue weighted by Crippen LogP contribution is -2.28. The third-order valence-corrected chi connectivity index (χ3v) is 4.52. The van der Waals surface area contributed by atoms with Crippen LogP contribution >= 0.6 is 11.3 Å². The van der Waals surface area contributed by atoms with Crippen molar-refractivity contribution in [1.82, 2.24) is 10.6 Å². The SMILES string of the molecule is Cc1ccc(CNCCCC2CCNCC2)s1. The summed E-state index contributed by atoms with van der Waals surface area (Å²) in [6, 6.07) is 4.44. The molecule has 0 bridgehead atoms. The van der Waals surface area contributed by atoms with Crippen LogP contribution in [0, 0.1) is 12.8 Å².